The van der Waals surface area contributed by atoms with E-state index in [1.807, 2.05) is 0 Å². The average molecular weight is 288 g/mol. The van der Waals surface area contributed by atoms with Crippen LogP contribution in [0.4, 0.5) is 10.8 Å². The van der Waals surface area contributed by atoms with Gasteiger partial charge in [0, 0.05) is 12.2 Å². The molecular weight excluding hydrogens is 268 g/mol. The van der Waals surface area contributed by atoms with Crippen LogP contribution in [0.3, 0.4) is 0 Å². The van der Waals surface area contributed by atoms with Crippen molar-refractivity contribution >= 4 is 22.2 Å². The quantitative estimate of drug-likeness (QED) is 0.937. The first kappa shape index (κ1) is 13.6. The summed E-state index contributed by atoms with van der Waals surface area (Å²) < 4.78 is 0. The standard InChI is InChI=1S/C16H20N2OS/c1-3-13-15(10-19)20-16(17-13)18-8-4-5-12-9-11(2)6-7-14(12)18/h6-7,9,19H,3-5,8,10H2,1-2H3. The number of hydrogen-bond acceptors (Lipinski definition) is 4. The van der Waals surface area contributed by atoms with Gasteiger partial charge in [-0.15, -0.1) is 0 Å². The molecule has 0 fully saturated rings. The first-order valence-electron chi connectivity index (χ1n) is 7.19. The number of aromatic nitrogens is 1. The van der Waals surface area contributed by atoms with E-state index in [0.29, 0.717) is 0 Å². The van der Waals surface area contributed by atoms with Gasteiger partial charge in [-0.05, 0) is 37.8 Å². The number of aryl methyl sites for hydroxylation is 3. The van der Waals surface area contributed by atoms with E-state index in [-0.39, 0.29) is 6.61 Å². The first-order valence-corrected chi connectivity index (χ1v) is 8.01. The fourth-order valence-electron chi connectivity index (χ4n) is 2.81. The van der Waals surface area contributed by atoms with Gasteiger partial charge in [0.05, 0.1) is 17.2 Å². The van der Waals surface area contributed by atoms with Crippen molar-refractivity contribution in [3.63, 3.8) is 0 Å². The van der Waals surface area contributed by atoms with Gasteiger partial charge in [0.15, 0.2) is 5.13 Å². The maximum atomic E-state index is 9.44. The number of benzene rings is 1. The van der Waals surface area contributed by atoms with E-state index >= 15 is 0 Å². The maximum absolute atomic E-state index is 9.44. The number of hydrogen-bond donors (Lipinski definition) is 1. The van der Waals surface area contributed by atoms with Crippen LogP contribution in [0.2, 0.25) is 0 Å². The van der Waals surface area contributed by atoms with Gasteiger partial charge >= 0.3 is 0 Å². The van der Waals surface area contributed by atoms with Crippen molar-refractivity contribution in [2.75, 3.05) is 11.4 Å². The van der Waals surface area contributed by atoms with Crippen LogP contribution >= 0.6 is 11.3 Å². The third-order valence-corrected chi connectivity index (χ3v) is 4.94. The first-order chi connectivity index (χ1) is 9.72. The fourth-order valence-corrected chi connectivity index (χ4v) is 3.86. The second kappa shape index (κ2) is 5.54. The Morgan fingerprint density at radius 3 is 2.95 bits per heavy atom. The molecule has 2 aromatic rings. The van der Waals surface area contributed by atoms with Crippen LogP contribution in [0.1, 0.15) is 35.0 Å². The predicted molar refractivity (Wildman–Crippen MR) is 83.9 cm³/mol. The minimum absolute atomic E-state index is 0.0927. The van der Waals surface area contributed by atoms with Crippen molar-refractivity contribution < 1.29 is 5.11 Å². The molecule has 0 spiro atoms. The zero-order chi connectivity index (χ0) is 14.1. The second-order valence-corrected chi connectivity index (χ2v) is 6.33. The van der Waals surface area contributed by atoms with E-state index in [9.17, 15) is 5.11 Å². The SMILES string of the molecule is CCc1nc(N2CCCc3cc(C)ccc32)sc1CO. The zero-order valence-electron chi connectivity index (χ0n) is 12.0. The largest absolute Gasteiger partial charge is 0.391 e. The predicted octanol–water partition coefficient (Wildman–Crippen LogP) is 3.59. The number of rotatable bonds is 3. The van der Waals surface area contributed by atoms with Gasteiger partial charge in [0.25, 0.3) is 0 Å². The van der Waals surface area contributed by atoms with Crippen molar-refractivity contribution in [3.05, 3.63) is 39.9 Å². The van der Waals surface area contributed by atoms with Crippen LogP contribution in [0.25, 0.3) is 0 Å². The third kappa shape index (κ3) is 2.34. The molecule has 20 heavy (non-hydrogen) atoms. The molecule has 106 valence electrons. The van der Waals surface area contributed by atoms with E-state index in [2.05, 4.69) is 36.9 Å². The van der Waals surface area contributed by atoms with E-state index in [1.165, 1.54) is 16.8 Å². The highest BCUT2D eigenvalue weighted by Gasteiger charge is 2.22. The molecule has 0 aliphatic carbocycles. The van der Waals surface area contributed by atoms with Gasteiger partial charge in [-0.2, -0.15) is 0 Å². The summed E-state index contributed by atoms with van der Waals surface area (Å²) in [6, 6.07) is 6.65. The Kier molecular flexibility index (Phi) is 3.76. The summed E-state index contributed by atoms with van der Waals surface area (Å²) in [7, 11) is 0. The molecule has 0 saturated carbocycles. The lowest BCUT2D eigenvalue weighted by molar-refractivity contribution is 0.284. The van der Waals surface area contributed by atoms with Crippen molar-refractivity contribution in [2.24, 2.45) is 0 Å². The van der Waals surface area contributed by atoms with Gasteiger partial charge in [0.1, 0.15) is 0 Å². The van der Waals surface area contributed by atoms with E-state index in [0.717, 1.165) is 41.5 Å². The third-order valence-electron chi connectivity index (χ3n) is 3.83. The van der Waals surface area contributed by atoms with Crippen molar-refractivity contribution in [2.45, 2.75) is 39.7 Å². The summed E-state index contributed by atoms with van der Waals surface area (Å²) in [6.07, 6.45) is 3.18. The Morgan fingerprint density at radius 2 is 2.25 bits per heavy atom. The zero-order valence-corrected chi connectivity index (χ0v) is 12.8. The molecule has 0 bridgehead atoms. The van der Waals surface area contributed by atoms with Gasteiger partial charge < -0.3 is 10.0 Å². The van der Waals surface area contributed by atoms with E-state index < -0.39 is 0 Å². The van der Waals surface area contributed by atoms with Crippen LogP contribution in [-0.4, -0.2) is 16.6 Å². The molecule has 4 heteroatoms. The molecule has 1 N–H and O–H groups in total. The van der Waals surface area contributed by atoms with Gasteiger partial charge in [-0.25, -0.2) is 4.98 Å². The lowest BCUT2D eigenvalue weighted by Crippen LogP contribution is -2.24. The fraction of sp³-hybridized carbons (Fsp3) is 0.438. The molecule has 0 unspecified atom stereocenters. The molecule has 1 aromatic heterocycles. The van der Waals surface area contributed by atoms with E-state index in [1.54, 1.807) is 11.3 Å². The number of fused-ring (bicyclic) bond motifs is 1. The highest BCUT2D eigenvalue weighted by molar-refractivity contribution is 7.15. The van der Waals surface area contributed by atoms with Gasteiger partial charge in [-0.1, -0.05) is 36.0 Å². The lowest BCUT2D eigenvalue weighted by Gasteiger charge is -2.29. The molecule has 1 aliphatic heterocycles. The molecule has 0 saturated heterocycles. The highest BCUT2D eigenvalue weighted by Crippen LogP contribution is 2.37. The number of aliphatic hydroxyl groups excluding tert-OH is 1. The topological polar surface area (TPSA) is 36.4 Å². The normalized spacial score (nSPS) is 14.4. The summed E-state index contributed by atoms with van der Waals surface area (Å²) in [5.41, 5.74) is 5.04. The van der Waals surface area contributed by atoms with Crippen LogP contribution in [0, 0.1) is 6.92 Å². The van der Waals surface area contributed by atoms with E-state index in [4.69, 9.17) is 4.98 Å². The average Bonchev–Trinajstić information content (AvgIpc) is 2.89. The second-order valence-electron chi connectivity index (χ2n) is 5.27. The number of anilines is 2. The van der Waals surface area contributed by atoms with Gasteiger partial charge in [-0.3, -0.25) is 0 Å². The summed E-state index contributed by atoms with van der Waals surface area (Å²) >= 11 is 1.62. The molecule has 2 heterocycles. The Bertz CT molecular complexity index is 599. The maximum Gasteiger partial charge on any atom is 0.190 e. The van der Waals surface area contributed by atoms with Gasteiger partial charge in [0.2, 0.25) is 0 Å². The molecule has 0 radical (unpaired) electrons. The highest BCUT2D eigenvalue weighted by atomic mass is 32.1. The summed E-state index contributed by atoms with van der Waals surface area (Å²) in [6.45, 7) is 5.33. The summed E-state index contributed by atoms with van der Waals surface area (Å²) in [5, 5.41) is 10.5. The molecule has 3 rings (SSSR count). The summed E-state index contributed by atoms with van der Waals surface area (Å²) in [5.74, 6) is 0. The Balaban J connectivity index is 2.02. The number of thiazole rings is 1. The van der Waals surface area contributed by atoms with Crippen molar-refractivity contribution in [3.8, 4) is 0 Å². The van der Waals surface area contributed by atoms with Crippen LogP contribution in [0.15, 0.2) is 18.2 Å². The van der Waals surface area contributed by atoms with Crippen molar-refractivity contribution in [1.29, 1.82) is 0 Å². The van der Waals surface area contributed by atoms with Crippen LogP contribution < -0.4 is 4.90 Å². The smallest absolute Gasteiger partial charge is 0.190 e. The Labute approximate surface area is 123 Å². The van der Waals surface area contributed by atoms with Crippen LogP contribution in [-0.2, 0) is 19.4 Å². The molecule has 0 atom stereocenters. The number of aliphatic hydroxyl groups is 1. The molecule has 1 aliphatic rings. The monoisotopic (exact) mass is 288 g/mol. The Hall–Kier alpha value is -1.39. The molecular formula is C16H20N2OS. The molecule has 3 nitrogen and oxygen atoms in total. The molecule has 1 aromatic carbocycles. The summed E-state index contributed by atoms with van der Waals surface area (Å²) in [4.78, 5) is 8.04. The minimum atomic E-state index is 0.0927. The number of nitrogens with zero attached hydrogens (tertiary/aromatic N) is 2. The lowest BCUT2D eigenvalue weighted by atomic mass is 10.00. The Morgan fingerprint density at radius 1 is 1.40 bits per heavy atom. The minimum Gasteiger partial charge on any atom is -0.391 e. The van der Waals surface area contributed by atoms with Crippen molar-refractivity contribution in [1.82, 2.24) is 4.98 Å². The molecule has 0 amide bonds. The van der Waals surface area contributed by atoms with Crippen LogP contribution in [0.5, 0.6) is 0 Å².